The van der Waals surface area contributed by atoms with Crippen molar-refractivity contribution in [3.8, 4) is 44.8 Å². The van der Waals surface area contributed by atoms with Gasteiger partial charge in [-0.25, -0.2) is 4.52 Å². The first-order valence-corrected chi connectivity index (χ1v) is 12.4. The van der Waals surface area contributed by atoms with Gasteiger partial charge >= 0.3 is 0 Å². The molecule has 7 aromatic rings. The van der Waals surface area contributed by atoms with E-state index in [1.807, 2.05) is 18.5 Å². The molecule has 0 bridgehead atoms. The molecule has 3 aromatic heterocycles. The van der Waals surface area contributed by atoms with E-state index in [1.165, 1.54) is 10.8 Å². The SMILES string of the molecule is c1ccc(-c2nn3c(-c4ccccc4)cc4ccccc4c3c2-c2cccc(-c3ccncc3)c2)cc1. The van der Waals surface area contributed by atoms with Gasteiger partial charge in [-0.1, -0.05) is 103 Å². The van der Waals surface area contributed by atoms with Gasteiger partial charge in [0.1, 0.15) is 5.69 Å². The van der Waals surface area contributed by atoms with E-state index in [0.717, 1.165) is 50.3 Å². The van der Waals surface area contributed by atoms with Crippen LogP contribution in [-0.2, 0) is 0 Å². The number of fused-ring (bicyclic) bond motifs is 3. The molecule has 0 atom stereocenters. The number of pyridine rings is 2. The number of hydrogen-bond donors (Lipinski definition) is 0. The van der Waals surface area contributed by atoms with Crippen molar-refractivity contribution in [1.29, 1.82) is 0 Å². The van der Waals surface area contributed by atoms with Crippen LogP contribution >= 0.6 is 0 Å². The second kappa shape index (κ2) is 8.89. The highest BCUT2D eigenvalue weighted by atomic mass is 15.2. The van der Waals surface area contributed by atoms with Crippen molar-refractivity contribution in [2.75, 3.05) is 0 Å². The highest BCUT2D eigenvalue weighted by Crippen LogP contribution is 2.41. The Hall–Kier alpha value is -5.02. The third-order valence-corrected chi connectivity index (χ3v) is 6.90. The van der Waals surface area contributed by atoms with E-state index in [2.05, 4.69) is 131 Å². The van der Waals surface area contributed by atoms with Crippen LogP contribution in [0.25, 0.3) is 61.1 Å². The molecular formula is C34H23N3. The molecule has 7 rings (SSSR count). The van der Waals surface area contributed by atoms with Gasteiger partial charge in [-0.05, 0) is 46.3 Å². The standard InChI is InChI=1S/C34H23N3/c1-3-10-25(11-4-1)31-23-28-14-7-8-17-30(28)34-32(33(36-37(31)34)26-12-5-2-6-13-26)29-16-9-15-27(22-29)24-18-20-35-21-19-24/h1-23H. The van der Waals surface area contributed by atoms with E-state index in [-0.39, 0.29) is 0 Å². The van der Waals surface area contributed by atoms with E-state index in [9.17, 15) is 0 Å². The van der Waals surface area contributed by atoms with Crippen molar-refractivity contribution < 1.29 is 0 Å². The fourth-order valence-electron chi connectivity index (χ4n) is 5.17. The summed E-state index contributed by atoms with van der Waals surface area (Å²) in [7, 11) is 0. The van der Waals surface area contributed by atoms with E-state index in [4.69, 9.17) is 5.10 Å². The lowest BCUT2D eigenvalue weighted by atomic mass is 9.94. The summed E-state index contributed by atoms with van der Waals surface area (Å²) in [6.45, 7) is 0. The number of benzene rings is 4. The highest BCUT2D eigenvalue weighted by molar-refractivity contribution is 6.08. The highest BCUT2D eigenvalue weighted by Gasteiger charge is 2.21. The van der Waals surface area contributed by atoms with Crippen molar-refractivity contribution in [2.45, 2.75) is 0 Å². The second-order valence-electron chi connectivity index (χ2n) is 9.15. The van der Waals surface area contributed by atoms with Gasteiger partial charge in [0, 0.05) is 34.5 Å². The first-order valence-electron chi connectivity index (χ1n) is 12.4. The fourth-order valence-corrected chi connectivity index (χ4v) is 5.17. The van der Waals surface area contributed by atoms with E-state index in [1.54, 1.807) is 0 Å². The zero-order chi connectivity index (χ0) is 24.6. The van der Waals surface area contributed by atoms with Crippen molar-refractivity contribution in [1.82, 2.24) is 14.6 Å². The lowest BCUT2D eigenvalue weighted by Gasteiger charge is -2.11. The predicted octanol–water partition coefficient (Wildman–Crippen LogP) is 8.55. The van der Waals surface area contributed by atoms with E-state index in [0.29, 0.717) is 0 Å². The summed E-state index contributed by atoms with van der Waals surface area (Å²) in [5.74, 6) is 0. The van der Waals surface area contributed by atoms with Crippen LogP contribution < -0.4 is 0 Å². The van der Waals surface area contributed by atoms with Gasteiger partial charge in [-0.2, -0.15) is 5.10 Å². The van der Waals surface area contributed by atoms with Crippen LogP contribution in [0.2, 0.25) is 0 Å². The van der Waals surface area contributed by atoms with Crippen LogP contribution in [0.15, 0.2) is 140 Å². The molecular weight excluding hydrogens is 450 g/mol. The summed E-state index contributed by atoms with van der Waals surface area (Å²) in [4.78, 5) is 4.20. The first kappa shape index (κ1) is 21.3. The first-order chi connectivity index (χ1) is 18.4. The normalized spacial score (nSPS) is 11.2. The quantitative estimate of drug-likeness (QED) is 0.256. The molecule has 0 radical (unpaired) electrons. The summed E-state index contributed by atoms with van der Waals surface area (Å²) >= 11 is 0. The largest absolute Gasteiger partial charge is 0.265 e. The maximum absolute atomic E-state index is 5.29. The van der Waals surface area contributed by atoms with Crippen LogP contribution in [0.3, 0.4) is 0 Å². The lowest BCUT2D eigenvalue weighted by molar-refractivity contribution is 0.979. The molecule has 0 aliphatic heterocycles. The maximum Gasteiger partial charge on any atom is 0.101 e. The summed E-state index contributed by atoms with van der Waals surface area (Å²) in [5, 5.41) is 7.67. The minimum atomic E-state index is 0.973. The van der Waals surface area contributed by atoms with Crippen molar-refractivity contribution in [3.63, 3.8) is 0 Å². The number of hydrogen-bond acceptors (Lipinski definition) is 2. The molecule has 0 saturated heterocycles. The Bertz CT molecular complexity index is 1850. The molecule has 3 nitrogen and oxygen atoms in total. The fraction of sp³-hybridized carbons (Fsp3) is 0. The Kier molecular flexibility index (Phi) is 5.11. The molecule has 0 aliphatic rings. The second-order valence-corrected chi connectivity index (χ2v) is 9.15. The van der Waals surface area contributed by atoms with E-state index >= 15 is 0 Å². The minimum Gasteiger partial charge on any atom is -0.265 e. The molecule has 0 unspecified atom stereocenters. The van der Waals surface area contributed by atoms with Crippen LogP contribution in [-0.4, -0.2) is 14.6 Å². The molecule has 0 spiro atoms. The third-order valence-electron chi connectivity index (χ3n) is 6.90. The van der Waals surface area contributed by atoms with Gasteiger partial charge in [0.15, 0.2) is 0 Å². The summed E-state index contributed by atoms with van der Waals surface area (Å²) in [6, 6.07) is 44.7. The average molecular weight is 474 g/mol. The molecule has 0 aliphatic carbocycles. The molecule has 0 amide bonds. The summed E-state index contributed by atoms with van der Waals surface area (Å²) in [5.41, 5.74) is 9.96. The molecule has 0 fully saturated rings. The number of aromatic nitrogens is 3. The van der Waals surface area contributed by atoms with Crippen molar-refractivity contribution >= 4 is 16.3 Å². The van der Waals surface area contributed by atoms with E-state index < -0.39 is 0 Å². The topological polar surface area (TPSA) is 30.2 Å². The van der Waals surface area contributed by atoms with Gasteiger partial charge in [0.25, 0.3) is 0 Å². The van der Waals surface area contributed by atoms with Gasteiger partial charge in [-0.3, -0.25) is 4.98 Å². The Balaban J connectivity index is 1.61. The maximum atomic E-state index is 5.29. The zero-order valence-corrected chi connectivity index (χ0v) is 20.1. The number of rotatable bonds is 4. The van der Waals surface area contributed by atoms with Crippen molar-refractivity contribution in [3.05, 3.63) is 140 Å². The summed E-state index contributed by atoms with van der Waals surface area (Å²) < 4.78 is 2.13. The third kappa shape index (κ3) is 3.69. The molecule has 37 heavy (non-hydrogen) atoms. The molecule has 3 heterocycles. The molecule has 0 N–H and O–H groups in total. The Morgan fingerprint density at radius 2 is 1.14 bits per heavy atom. The van der Waals surface area contributed by atoms with Gasteiger partial charge < -0.3 is 0 Å². The lowest BCUT2D eigenvalue weighted by Crippen LogP contribution is -1.95. The van der Waals surface area contributed by atoms with Crippen LogP contribution in [0.5, 0.6) is 0 Å². The monoisotopic (exact) mass is 473 g/mol. The number of nitrogens with zero attached hydrogens (tertiary/aromatic N) is 3. The van der Waals surface area contributed by atoms with Crippen LogP contribution in [0.4, 0.5) is 0 Å². The van der Waals surface area contributed by atoms with Crippen LogP contribution in [0, 0.1) is 0 Å². The Morgan fingerprint density at radius 1 is 0.486 bits per heavy atom. The van der Waals surface area contributed by atoms with Crippen LogP contribution in [0.1, 0.15) is 0 Å². The predicted molar refractivity (Wildman–Crippen MR) is 152 cm³/mol. The smallest absolute Gasteiger partial charge is 0.101 e. The molecule has 0 saturated carbocycles. The van der Waals surface area contributed by atoms with Gasteiger partial charge in [-0.15, -0.1) is 0 Å². The minimum absolute atomic E-state index is 0.973. The summed E-state index contributed by atoms with van der Waals surface area (Å²) in [6.07, 6.45) is 3.68. The molecule has 4 aromatic carbocycles. The Morgan fingerprint density at radius 3 is 1.92 bits per heavy atom. The average Bonchev–Trinajstić information content (AvgIpc) is 3.39. The molecule has 174 valence electrons. The van der Waals surface area contributed by atoms with Crippen molar-refractivity contribution in [2.24, 2.45) is 0 Å². The van der Waals surface area contributed by atoms with Gasteiger partial charge in [0.05, 0.1) is 11.2 Å². The van der Waals surface area contributed by atoms with Gasteiger partial charge in [0.2, 0.25) is 0 Å². The molecule has 3 heteroatoms. The zero-order valence-electron chi connectivity index (χ0n) is 20.1. The Labute approximate surface area is 215 Å².